The number of fused-ring (bicyclic) bond motifs is 2. The van der Waals surface area contributed by atoms with Gasteiger partial charge in [-0.1, -0.05) is 60.7 Å². The normalized spacial score (nSPS) is 27.9. The number of hydrogen-bond acceptors (Lipinski definition) is 3. The zero-order chi connectivity index (χ0) is 20.5. The van der Waals surface area contributed by atoms with Crippen LogP contribution in [0.25, 0.3) is 0 Å². The summed E-state index contributed by atoms with van der Waals surface area (Å²) in [6.07, 6.45) is 3.27. The van der Waals surface area contributed by atoms with Crippen molar-refractivity contribution < 1.29 is 40.5 Å². The molecular weight excluding hydrogens is 449 g/mol. The number of carbonyl (C=O) groups is 1. The molecule has 2 fully saturated rings. The maximum Gasteiger partial charge on any atom is 0.347 e. The summed E-state index contributed by atoms with van der Waals surface area (Å²) >= 11 is 0. The van der Waals surface area contributed by atoms with E-state index in [0.717, 1.165) is 30.2 Å². The maximum atomic E-state index is 13.3. The Balaban J connectivity index is 0.00000256. The van der Waals surface area contributed by atoms with E-state index in [2.05, 4.69) is 7.05 Å². The van der Waals surface area contributed by atoms with Gasteiger partial charge < -0.3 is 31.3 Å². The lowest BCUT2D eigenvalue weighted by atomic mass is 9.86. The zero-order valence-electron chi connectivity index (χ0n) is 17.2. The van der Waals surface area contributed by atoms with Crippen molar-refractivity contribution in [2.45, 2.75) is 49.5 Å². The van der Waals surface area contributed by atoms with Crippen molar-refractivity contribution >= 4 is 5.97 Å². The van der Waals surface area contributed by atoms with Crippen molar-refractivity contribution in [3.63, 3.8) is 0 Å². The Hall–Kier alpha value is -1.76. The third-order valence-corrected chi connectivity index (χ3v) is 7.09. The summed E-state index contributed by atoms with van der Waals surface area (Å²) in [5.74, 6) is -0.638. The van der Waals surface area contributed by atoms with E-state index in [-0.39, 0.29) is 29.8 Å². The average molecular weight is 478 g/mol. The van der Waals surface area contributed by atoms with Crippen molar-refractivity contribution in [2.24, 2.45) is 0 Å². The first-order chi connectivity index (χ1) is 14.0. The highest BCUT2D eigenvalue weighted by molar-refractivity contribution is 5.85. The fraction of sp³-hybridized carbons (Fsp3) is 0.458. The molecule has 2 heterocycles. The summed E-state index contributed by atoms with van der Waals surface area (Å²) in [5.41, 5.74) is -0.864. The largest absolute Gasteiger partial charge is 1.00 e. The van der Waals surface area contributed by atoms with Gasteiger partial charge in [-0.3, -0.25) is 0 Å². The quantitative estimate of drug-likeness (QED) is 0.488. The monoisotopic (exact) mass is 477 g/mol. The van der Waals surface area contributed by atoms with Crippen LogP contribution in [0.5, 0.6) is 0 Å². The van der Waals surface area contributed by atoms with Crippen LogP contribution in [0, 0.1) is 0 Å². The van der Waals surface area contributed by atoms with Gasteiger partial charge in [-0.15, -0.1) is 0 Å². The van der Waals surface area contributed by atoms with Crippen molar-refractivity contribution in [3.05, 3.63) is 71.8 Å². The molecule has 2 aromatic carbocycles. The smallest absolute Gasteiger partial charge is 0.347 e. The van der Waals surface area contributed by atoms with Crippen LogP contribution in [0.3, 0.4) is 0 Å². The zero-order valence-corrected chi connectivity index (χ0v) is 18.8. The van der Waals surface area contributed by atoms with Gasteiger partial charge >= 0.3 is 5.97 Å². The number of benzene rings is 2. The number of ether oxygens (including phenoxy) is 1. The van der Waals surface area contributed by atoms with E-state index in [1.165, 1.54) is 0 Å². The number of quaternary nitrogens is 1. The maximum absolute atomic E-state index is 13.3. The second-order valence-corrected chi connectivity index (χ2v) is 8.59. The van der Waals surface area contributed by atoms with Crippen LogP contribution in [0.4, 0.5) is 4.39 Å². The molecule has 2 bridgehead atoms. The van der Waals surface area contributed by atoms with Crippen LogP contribution in [0.1, 0.15) is 36.8 Å². The number of hydrogen-bond donors (Lipinski definition) is 1. The predicted molar refractivity (Wildman–Crippen MR) is 109 cm³/mol. The van der Waals surface area contributed by atoms with Crippen LogP contribution in [0.15, 0.2) is 60.7 Å². The molecule has 0 radical (unpaired) electrons. The third-order valence-electron chi connectivity index (χ3n) is 7.09. The molecule has 0 aromatic heterocycles. The highest BCUT2D eigenvalue weighted by Crippen LogP contribution is 2.43. The molecule has 2 aliphatic rings. The van der Waals surface area contributed by atoms with E-state index in [1.807, 2.05) is 12.1 Å². The lowest BCUT2D eigenvalue weighted by Crippen LogP contribution is -3.00. The predicted octanol–water partition coefficient (Wildman–Crippen LogP) is 0.579. The average Bonchev–Trinajstić information content (AvgIpc) is 2.91. The molecule has 1 N–H and O–H groups in total. The molecule has 2 saturated heterocycles. The molecule has 0 spiro atoms. The highest BCUT2D eigenvalue weighted by Gasteiger charge is 2.53. The second-order valence-electron chi connectivity index (χ2n) is 8.59. The van der Waals surface area contributed by atoms with E-state index < -0.39 is 11.6 Å². The van der Waals surface area contributed by atoms with Crippen molar-refractivity contribution in [1.82, 2.24) is 0 Å². The summed E-state index contributed by atoms with van der Waals surface area (Å²) in [6.45, 7) is 0.198. The fourth-order valence-corrected chi connectivity index (χ4v) is 5.33. The summed E-state index contributed by atoms with van der Waals surface area (Å²) in [7, 11) is 2.13. The Kier molecular flexibility index (Phi) is 7.00. The molecule has 0 saturated carbocycles. The second kappa shape index (κ2) is 9.16. The number of aliphatic hydroxyl groups is 1. The minimum absolute atomic E-state index is 0. The number of halogens is 2. The number of nitrogens with zero attached hydrogens (tertiary/aromatic N) is 1. The van der Waals surface area contributed by atoms with E-state index in [1.54, 1.807) is 48.5 Å². The minimum atomic E-state index is -1.85. The molecule has 30 heavy (non-hydrogen) atoms. The standard InChI is InChI=1S/C24H29FNO3.BrH/c1-26(15-14-25)20-12-13-21(26)17-22(16-20)29-23(27)24(28,18-8-4-2-5-9-18)19-10-6-3-7-11-19;/h2-11,20-22,28H,12-17H2,1H3;1H/q+1;/p-1/t20-,21+,22?,26?;. The summed E-state index contributed by atoms with van der Waals surface area (Å²) in [4.78, 5) is 13.3. The Bertz CT molecular complexity index is 795. The van der Waals surface area contributed by atoms with Crippen LogP contribution in [0.2, 0.25) is 0 Å². The van der Waals surface area contributed by atoms with Gasteiger partial charge in [0.05, 0.1) is 19.1 Å². The van der Waals surface area contributed by atoms with Gasteiger partial charge in [-0.2, -0.15) is 0 Å². The summed E-state index contributed by atoms with van der Waals surface area (Å²) in [6, 6.07) is 18.5. The van der Waals surface area contributed by atoms with Gasteiger partial charge in [0.15, 0.2) is 0 Å². The van der Waals surface area contributed by atoms with E-state index in [4.69, 9.17) is 4.74 Å². The molecular formula is C24H29BrFNO3. The molecule has 2 aliphatic heterocycles. The number of esters is 1. The van der Waals surface area contributed by atoms with Crippen molar-refractivity contribution in [3.8, 4) is 0 Å². The molecule has 162 valence electrons. The Labute approximate surface area is 188 Å². The lowest BCUT2D eigenvalue weighted by Gasteiger charge is -2.46. The van der Waals surface area contributed by atoms with E-state index in [9.17, 15) is 14.3 Å². The van der Waals surface area contributed by atoms with Gasteiger partial charge in [0.25, 0.3) is 0 Å². The van der Waals surface area contributed by atoms with Crippen LogP contribution < -0.4 is 17.0 Å². The number of alkyl halides is 1. The lowest BCUT2D eigenvalue weighted by molar-refractivity contribution is -0.949. The van der Waals surface area contributed by atoms with Crippen LogP contribution in [-0.2, 0) is 15.1 Å². The number of rotatable bonds is 6. The SMILES string of the molecule is C[N+]1(CCF)[C@@H]2CC[C@H]1CC(OC(=O)C(O)(c1ccccc1)c1ccccc1)C2.[Br-]. The van der Waals surface area contributed by atoms with Gasteiger partial charge in [0.2, 0.25) is 5.60 Å². The molecule has 0 aliphatic carbocycles. The summed E-state index contributed by atoms with van der Waals surface area (Å²) < 4.78 is 19.8. The van der Waals surface area contributed by atoms with Crippen LogP contribution in [-0.4, -0.2) is 54.0 Å². The van der Waals surface area contributed by atoms with Crippen LogP contribution >= 0.6 is 0 Å². The van der Waals surface area contributed by atoms with Crippen molar-refractivity contribution in [2.75, 3.05) is 20.3 Å². The molecule has 4 rings (SSSR count). The van der Waals surface area contributed by atoms with Gasteiger partial charge in [-0.25, -0.2) is 9.18 Å². The van der Waals surface area contributed by atoms with E-state index >= 15 is 0 Å². The summed E-state index contributed by atoms with van der Waals surface area (Å²) in [5, 5.41) is 11.6. The number of carbonyl (C=O) groups excluding carboxylic acids is 1. The Morgan fingerprint density at radius 3 is 1.93 bits per heavy atom. The molecule has 2 aromatic rings. The molecule has 4 atom stereocenters. The molecule has 0 amide bonds. The van der Waals surface area contributed by atoms with E-state index in [0.29, 0.717) is 29.8 Å². The topological polar surface area (TPSA) is 46.5 Å². The minimum Gasteiger partial charge on any atom is -1.00 e. The third kappa shape index (κ3) is 3.93. The first kappa shape index (κ1) is 22.9. The first-order valence-corrected chi connectivity index (χ1v) is 10.4. The molecule has 6 heteroatoms. The first-order valence-electron chi connectivity index (χ1n) is 10.4. The van der Waals surface area contributed by atoms with Gasteiger partial charge in [0, 0.05) is 25.7 Å². The number of piperidine rings is 1. The van der Waals surface area contributed by atoms with Gasteiger partial charge in [-0.05, 0) is 11.1 Å². The fourth-order valence-electron chi connectivity index (χ4n) is 5.33. The van der Waals surface area contributed by atoms with Crippen molar-refractivity contribution in [1.29, 1.82) is 0 Å². The Morgan fingerprint density at radius 1 is 1.03 bits per heavy atom. The molecule has 2 unspecified atom stereocenters. The highest BCUT2D eigenvalue weighted by atomic mass is 79.9. The van der Waals surface area contributed by atoms with Gasteiger partial charge in [0.1, 0.15) is 19.3 Å². The molecule has 4 nitrogen and oxygen atoms in total. The Morgan fingerprint density at radius 2 is 1.50 bits per heavy atom.